The quantitative estimate of drug-likeness (QED) is 0.839. The normalized spacial score (nSPS) is 30.9. The molecule has 4 atom stereocenters. The van der Waals surface area contributed by atoms with Crippen LogP contribution >= 0.6 is 0 Å². The van der Waals surface area contributed by atoms with Crippen LogP contribution in [-0.2, 0) is 25.6 Å². The van der Waals surface area contributed by atoms with E-state index in [2.05, 4.69) is 0 Å². The summed E-state index contributed by atoms with van der Waals surface area (Å²) in [6, 6.07) is 9.39. The van der Waals surface area contributed by atoms with Crippen LogP contribution in [-0.4, -0.2) is 49.4 Å². The van der Waals surface area contributed by atoms with Crippen LogP contribution in [0.15, 0.2) is 30.3 Å². The van der Waals surface area contributed by atoms with E-state index in [1.807, 2.05) is 30.3 Å². The van der Waals surface area contributed by atoms with Gasteiger partial charge in [-0.05, 0) is 5.56 Å². The Labute approximate surface area is 122 Å². The molecule has 2 aliphatic rings. The second-order valence-corrected chi connectivity index (χ2v) is 5.22. The predicted molar refractivity (Wildman–Crippen MR) is 71.6 cm³/mol. The van der Waals surface area contributed by atoms with E-state index in [1.165, 1.54) is 0 Å². The van der Waals surface area contributed by atoms with Crippen molar-refractivity contribution in [1.29, 1.82) is 0 Å². The molecule has 0 aromatic heterocycles. The van der Waals surface area contributed by atoms with Crippen molar-refractivity contribution in [1.82, 2.24) is 0 Å². The van der Waals surface area contributed by atoms with Crippen molar-refractivity contribution in [3.63, 3.8) is 0 Å². The first-order valence-corrected chi connectivity index (χ1v) is 6.99. The summed E-state index contributed by atoms with van der Waals surface area (Å²) in [4.78, 5) is 11.7. The van der Waals surface area contributed by atoms with Gasteiger partial charge in [0.15, 0.2) is 6.10 Å². The molecular weight excluding hydrogens is 276 g/mol. The van der Waals surface area contributed by atoms with Crippen LogP contribution in [0.4, 0.5) is 4.79 Å². The van der Waals surface area contributed by atoms with Gasteiger partial charge in [0.2, 0.25) is 0 Å². The van der Waals surface area contributed by atoms with E-state index in [0.717, 1.165) is 5.56 Å². The Morgan fingerprint density at radius 1 is 1.19 bits per heavy atom. The fourth-order valence-corrected chi connectivity index (χ4v) is 2.68. The number of carbonyl (C=O) groups excluding carboxylic acids is 1. The number of aliphatic hydroxyl groups excluding tert-OH is 1. The monoisotopic (exact) mass is 294 g/mol. The van der Waals surface area contributed by atoms with E-state index < -0.39 is 12.3 Å². The van der Waals surface area contributed by atoms with Crippen LogP contribution in [0.5, 0.6) is 0 Å². The molecule has 0 bridgehead atoms. The fourth-order valence-electron chi connectivity index (χ4n) is 2.68. The Morgan fingerprint density at radius 2 is 1.95 bits per heavy atom. The lowest BCUT2D eigenvalue weighted by molar-refractivity contribution is -0.0314. The average Bonchev–Trinajstić information content (AvgIpc) is 3.09. The van der Waals surface area contributed by atoms with E-state index in [-0.39, 0.29) is 37.9 Å². The number of hydrogen-bond donors (Lipinski definition) is 1. The van der Waals surface area contributed by atoms with Gasteiger partial charge in [-0.15, -0.1) is 0 Å². The number of aliphatic hydroxyl groups is 1. The Hall–Kier alpha value is -1.63. The Balaban J connectivity index is 1.47. The van der Waals surface area contributed by atoms with Gasteiger partial charge in [-0.1, -0.05) is 30.3 Å². The summed E-state index contributed by atoms with van der Waals surface area (Å²) in [6.07, 6.45) is -1.73. The van der Waals surface area contributed by atoms with Gasteiger partial charge in [-0.2, -0.15) is 0 Å². The van der Waals surface area contributed by atoms with Crippen molar-refractivity contribution in [3.05, 3.63) is 35.9 Å². The average molecular weight is 294 g/mol. The van der Waals surface area contributed by atoms with Gasteiger partial charge >= 0.3 is 6.16 Å². The number of benzene rings is 1. The molecule has 1 N–H and O–H groups in total. The van der Waals surface area contributed by atoms with E-state index in [1.54, 1.807) is 0 Å². The molecule has 2 aliphatic heterocycles. The zero-order chi connectivity index (χ0) is 14.7. The fraction of sp³-hybridized carbons (Fsp3) is 0.533. The minimum atomic E-state index is -0.732. The van der Waals surface area contributed by atoms with E-state index >= 15 is 0 Å². The molecule has 114 valence electrons. The standard InChI is InChI=1S/C15H18O6/c16-6-11-8-18-14-12(9-19-13(11)14)21-15(17)20-7-10-4-2-1-3-5-10/h1-5,11-14,16H,6-9H2/t11-,12-,13+,14+/m1/s1. The molecule has 0 unspecified atom stereocenters. The van der Waals surface area contributed by atoms with E-state index in [4.69, 9.17) is 18.9 Å². The van der Waals surface area contributed by atoms with Crippen LogP contribution in [0.25, 0.3) is 0 Å². The van der Waals surface area contributed by atoms with Gasteiger partial charge in [0.25, 0.3) is 0 Å². The first-order chi connectivity index (χ1) is 10.3. The summed E-state index contributed by atoms with van der Waals surface area (Å²) >= 11 is 0. The third-order valence-electron chi connectivity index (χ3n) is 3.79. The second kappa shape index (κ2) is 6.43. The third kappa shape index (κ3) is 3.18. The first-order valence-electron chi connectivity index (χ1n) is 6.99. The summed E-state index contributed by atoms with van der Waals surface area (Å²) in [5.74, 6) is -0.0519. The third-order valence-corrected chi connectivity index (χ3v) is 3.79. The van der Waals surface area contributed by atoms with E-state index in [0.29, 0.717) is 6.61 Å². The number of hydrogen-bond acceptors (Lipinski definition) is 6. The molecule has 21 heavy (non-hydrogen) atoms. The largest absolute Gasteiger partial charge is 0.509 e. The highest BCUT2D eigenvalue weighted by Gasteiger charge is 2.49. The predicted octanol–water partition coefficient (Wildman–Crippen LogP) is 1.11. The molecule has 0 amide bonds. The molecule has 1 aromatic rings. The van der Waals surface area contributed by atoms with Crippen molar-refractivity contribution in [3.8, 4) is 0 Å². The van der Waals surface area contributed by atoms with Gasteiger partial charge in [0.1, 0.15) is 12.7 Å². The molecule has 0 radical (unpaired) electrons. The van der Waals surface area contributed by atoms with Crippen LogP contribution < -0.4 is 0 Å². The Morgan fingerprint density at radius 3 is 2.71 bits per heavy atom. The molecule has 0 saturated carbocycles. The van der Waals surface area contributed by atoms with Gasteiger partial charge in [-0.25, -0.2) is 4.79 Å². The molecule has 0 aliphatic carbocycles. The number of ether oxygens (including phenoxy) is 4. The highest BCUT2D eigenvalue weighted by molar-refractivity contribution is 5.60. The van der Waals surface area contributed by atoms with Crippen molar-refractivity contribution < 1.29 is 28.8 Å². The zero-order valence-electron chi connectivity index (χ0n) is 11.5. The van der Waals surface area contributed by atoms with Crippen LogP contribution in [0.3, 0.4) is 0 Å². The topological polar surface area (TPSA) is 74.2 Å². The summed E-state index contributed by atoms with van der Waals surface area (Å²) < 4.78 is 21.4. The summed E-state index contributed by atoms with van der Waals surface area (Å²) in [5.41, 5.74) is 0.896. The zero-order valence-corrected chi connectivity index (χ0v) is 11.5. The maximum absolute atomic E-state index is 11.7. The maximum atomic E-state index is 11.7. The van der Waals surface area contributed by atoms with E-state index in [9.17, 15) is 9.90 Å². The maximum Gasteiger partial charge on any atom is 0.509 e. The molecule has 2 heterocycles. The number of rotatable bonds is 4. The molecule has 0 spiro atoms. The van der Waals surface area contributed by atoms with Crippen molar-refractivity contribution in [2.45, 2.75) is 24.9 Å². The lowest BCUT2D eigenvalue weighted by Crippen LogP contribution is -2.33. The van der Waals surface area contributed by atoms with Gasteiger partial charge < -0.3 is 24.1 Å². The van der Waals surface area contributed by atoms with Crippen molar-refractivity contribution >= 4 is 6.16 Å². The highest BCUT2D eigenvalue weighted by Crippen LogP contribution is 2.32. The van der Waals surface area contributed by atoms with Gasteiger partial charge in [0.05, 0.1) is 25.9 Å². The second-order valence-electron chi connectivity index (χ2n) is 5.22. The minimum Gasteiger partial charge on any atom is -0.429 e. The smallest absolute Gasteiger partial charge is 0.429 e. The van der Waals surface area contributed by atoms with Crippen LogP contribution in [0.2, 0.25) is 0 Å². The molecule has 3 rings (SSSR count). The van der Waals surface area contributed by atoms with Crippen LogP contribution in [0, 0.1) is 5.92 Å². The Kier molecular flexibility index (Phi) is 4.38. The minimum absolute atomic E-state index is 0.00629. The summed E-state index contributed by atoms with van der Waals surface area (Å²) in [6.45, 7) is 0.866. The van der Waals surface area contributed by atoms with Gasteiger partial charge in [0, 0.05) is 5.92 Å². The molecule has 2 saturated heterocycles. The molecule has 6 heteroatoms. The van der Waals surface area contributed by atoms with Crippen molar-refractivity contribution in [2.75, 3.05) is 19.8 Å². The first kappa shape index (κ1) is 14.3. The lowest BCUT2D eigenvalue weighted by Gasteiger charge is -2.16. The summed E-state index contributed by atoms with van der Waals surface area (Å²) in [7, 11) is 0. The SMILES string of the molecule is O=C(OCc1ccccc1)O[C@@H]1CO[C@H]2[C@H](CO)CO[C@H]21. The molecule has 2 fully saturated rings. The molecular formula is C15H18O6. The number of fused-ring (bicyclic) bond motifs is 1. The molecule has 6 nitrogen and oxygen atoms in total. The number of carbonyl (C=O) groups is 1. The van der Waals surface area contributed by atoms with Crippen LogP contribution in [0.1, 0.15) is 5.56 Å². The Bertz CT molecular complexity index is 476. The lowest BCUT2D eigenvalue weighted by atomic mass is 10.0. The van der Waals surface area contributed by atoms with Gasteiger partial charge in [-0.3, -0.25) is 0 Å². The van der Waals surface area contributed by atoms with Crippen molar-refractivity contribution in [2.24, 2.45) is 5.92 Å². The summed E-state index contributed by atoms with van der Waals surface area (Å²) in [5, 5.41) is 9.20. The highest BCUT2D eigenvalue weighted by atomic mass is 16.7. The molecule has 1 aromatic carbocycles.